The van der Waals surface area contributed by atoms with Gasteiger partial charge in [-0.1, -0.05) is 20.8 Å². The Labute approximate surface area is 206 Å². The van der Waals surface area contributed by atoms with Crippen LogP contribution in [-0.4, -0.2) is 57.5 Å². The van der Waals surface area contributed by atoms with Crippen LogP contribution in [-0.2, 0) is 4.79 Å². The number of aliphatic hydroxyl groups excluding tert-OH is 3. The van der Waals surface area contributed by atoms with Crippen LogP contribution in [0.2, 0.25) is 0 Å². The van der Waals surface area contributed by atoms with E-state index in [1.807, 2.05) is 0 Å². The standard InChI is InChI=1S/C29H49NO4/c1-18(7-10-26(34)30-13-5-4-6-14-30)21-8-9-22-27-23(17-25(33)29(21,22)3)28(2)12-11-20(31)15-19(28)16-24(27)32/h18-25,27,31-33H,4-17H2,1-3H3/t18-,19?,20-,21-,22?,23?,24-,25+,27?,28+,29-/m1/s1. The average Bonchev–Trinajstić information content (AvgIpc) is 3.18. The summed E-state index contributed by atoms with van der Waals surface area (Å²) in [6.45, 7) is 8.85. The molecule has 5 rings (SSSR count). The van der Waals surface area contributed by atoms with Gasteiger partial charge in [0.05, 0.1) is 18.3 Å². The van der Waals surface area contributed by atoms with E-state index in [-0.39, 0.29) is 35.1 Å². The lowest BCUT2D eigenvalue weighted by molar-refractivity contribution is -0.207. The molecule has 194 valence electrons. The van der Waals surface area contributed by atoms with E-state index in [0.29, 0.717) is 41.9 Å². The zero-order valence-corrected chi connectivity index (χ0v) is 21.8. The first kappa shape index (κ1) is 25.0. The number of likely N-dealkylation sites (tertiary alicyclic amines) is 1. The lowest BCUT2D eigenvalue weighted by Gasteiger charge is -2.63. The molecular formula is C29H49NO4. The van der Waals surface area contributed by atoms with Gasteiger partial charge >= 0.3 is 0 Å². The van der Waals surface area contributed by atoms with Gasteiger partial charge < -0.3 is 20.2 Å². The number of fused-ring (bicyclic) bond motifs is 5. The molecule has 1 heterocycles. The van der Waals surface area contributed by atoms with Gasteiger partial charge in [-0.25, -0.2) is 0 Å². The summed E-state index contributed by atoms with van der Waals surface area (Å²) in [6, 6.07) is 0. The summed E-state index contributed by atoms with van der Waals surface area (Å²) < 4.78 is 0. The quantitative estimate of drug-likeness (QED) is 0.564. The number of rotatable bonds is 4. The van der Waals surface area contributed by atoms with Gasteiger partial charge in [0.15, 0.2) is 0 Å². The summed E-state index contributed by atoms with van der Waals surface area (Å²) >= 11 is 0. The average molecular weight is 476 g/mol. The molecule has 0 aromatic carbocycles. The summed E-state index contributed by atoms with van der Waals surface area (Å²) in [7, 11) is 0. The van der Waals surface area contributed by atoms with Gasteiger partial charge in [0.1, 0.15) is 0 Å². The van der Waals surface area contributed by atoms with Crippen LogP contribution in [0.4, 0.5) is 0 Å². The fourth-order valence-electron chi connectivity index (χ4n) is 9.99. The minimum atomic E-state index is -0.346. The van der Waals surface area contributed by atoms with Crippen LogP contribution in [0.1, 0.15) is 97.8 Å². The molecule has 11 atom stereocenters. The molecule has 5 nitrogen and oxygen atoms in total. The zero-order chi connectivity index (χ0) is 24.3. The van der Waals surface area contributed by atoms with Crippen molar-refractivity contribution in [2.75, 3.05) is 13.1 Å². The van der Waals surface area contributed by atoms with Crippen molar-refractivity contribution in [2.24, 2.45) is 46.3 Å². The summed E-state index contributed by atoms with van der Waals surface area (Å²) in [5.74, 6) is 2.45. The van der Waals surface area contributed by atoms with Crippen molar-refractivity contribution in [3.8, 4) is 0 Å². The highest BCUT2D eigenvalue weighted by Crippen LogP contribution is 2.68. The van der Waals surface area contributed by atoms with Gasteiger partial charge in [0, 0.05) is 19.5 Å². The molecule has 34 heavy (non-hydrogen) atoms. The molecular weight excluding hydrogens is 426 g/mol. The van der Waals surface area contributed by atoms with E-state index < -0.39 is 0 Å². The van der Waals surface area contributed by atoms with E-state index in [2.05, 4.69) is 25.7 Å². The largest absolute Gasteiger partial charge is 0.393 e. The minimum absolute atomic E-state index is 0.121. The zero-order valence-electron chi connectivity index (χ0n) is 21.8. The number of hydrogen-bond acceptors (Lipinski definition) is 4. The summed E-state index contributed by atoms with van der Waals surface area (Å²) in [6.07, 6.45) is 10.6. The molecule has 5 heteroatoms. The second kappa shape index (κ2) is 9.34. The Morgan fingerprint density at radius 2 is 1.71 bits per heavy atom. The highest BCUT2D eigenvalue weighted by atomic mass is 16.3. The smallest absolute Gasteiger partial charge is 0.222 e. The van der Waals surface area contributed by atoms with Gasteiger partial charge in [-0.2, -0.15) is 0 Å². The molecule has 0 aromatic rings. The third-order valence-corrected chi connectivity index (χ3v) is 12.0. The van der Waals surface area contributed by atoms with E-state index in [4.69, 9.17) is 0 Å². The molecule has 4 unspecified atom stereocenters. The Morgan fingerprint density at radius 1 is 0.971 bits per heavy atom. The van der Waals surface area contributed by atoms with Crippen molar-refractivity contribution >= 4 is 5.91 Å². The van der Waals surface area contributed by atoms with Gasteiger partial charge in [-0.3, -0.25) is 4.79 Å². The van der Waals surface area contributed by atoms with Crippen LogP contribution in [0.3, 0.4) is 0 Å². The summed E-state index contributed by atoms with van der Waals surface area (Å²) in [5.41, 5.74) is -0.0525. The highest BCUT2D eigenvalue weighted by molar-refractivity contribution is 5.76. The molecule has 0 aromatic heterocycles. The number of piperidine rings is 1. The second-order valence-corrected chi connectivity index (χ2v) is 13.5. The fourth-order valence-corrected chi connectivity index (χ4v) is 9.99. The van der Waals surface area contributed by atoms with E-state index in [9.17, 15) is 20.1 Å². The second-order valence-electron chi connectivity index (χ2n) is 13.5. The monoisotopic (exact) mass is 475 g/mol. The Morgan fingerprint density at radius 3 is 2.44 bits per heavy atom. The van der Waals surface area contributed by atoms with Gasteiger partial charge in [0.25, 0.3) is 0 Å². The first-order valence-electron chi connectivity index (χ1n) is 14.5. The van der Waals surface area contributed by atoms with E-state index >= 15 is 0 Å². The van der Waals surface area contributed by atoms with E-state index in [1.165, 1.54) is 6.42 Å². The maximum atomic E-state index is 12.8. The lowest BCUT2D eigenvalue weighted by Crippen LogP contribution is -2.62. The van der Waals surface area contributed by atoms with Crippen LogP contribution in [0, 0.1) is 46.3 Å². The Bertz CT molecular complexity index is 752. The van der Waals surface area contributed by atoms with Crippen molar-refractivity contribution in [1.29, 1.82) is 0 Å². The molecule has 0 spiro atoms. The molecule has 3 N–H and O–H groups in total. The SMILES string of the molecule is C[C@H](CCC(=O)N1CCCCC1)[C@H]1CCC2C3C(C[C@H](O)[C@@]21C)[C@@]1(C)CC[C@@H](O)CC1C[C@H]3O. The first-order chi connectivity index (χ1) is 16.2. The number of carbonyl (C=O) groups is 1. The third kappa shape index (κ3) is 3.96. The van der Waals surface area contributed by atoms with Crippen molar-refractivity contribution < 1.29 is 20.1 Å². The predicted molar refractivity (Wildman–Crippen MR) is 133 cm³/mol. The minimum Gasteiger partial charge on any atom is -0.393 e. The van der Waals surface area contributed by atoms with Gasteiger partial charge in [0.2, 0.25) is 5.91 Å². The molecule has 5 aliphatic rings. The maximum Gasteiger partial charge on any atom is 0.222 e. The number of nitrogens with zero attached hydrogens (tertiary/aromatic N) is 1. The number of amides is 1. The number of aliphatic hydroxyl groups is 3. The van der Waals surface area contributed by atoms with Crippen molar-refractivity contribution in [3.05, 3.63) is 0 Å². The molecule has 4 aliphatic carbocycles. The van der Waals surface area contributed by atoms with E-state index in [1.54, 1.807) is 0 Å². The third-order valence-electron chi connectivity index (χ3n) is 12.0. The van der Waals surface area contributed by atoms with E-state index in [0.717, 1.165) is 77.3 Å². The number of hydrogen-bond donors (Lipinski definition) is 3. The molecule has 0 bridgehead atoms. The summed E-state index contributed by atoms with van der Waals surface area (Å²) in [5, 5.41) is 33.4. The molecule has 1 aliphatic heterocycles. The lowest BCUT2D eigenvalue weighted by atomic mass is 9.43. The molecule has 5 fully saturated rings. The van der Waals surface area contributed by atoms with Gasteiger partial charge in [-0.05, 0) is 117 Å². The molecule has 1 amide bonds. The van der Waals surface area contributed by atoms with Crippen LogP contribution in [0.15, 0.2) is 0 Å². The van der Waals surface area contributed by atoms with Crippen molar-refractivity contribution in [1.82, 2.24) is 4.90 Å². The van der Waals surface area contributed by atoms with Crippen LogP contribution in [0.25, 0.3) is 0 Å². The normalized spacial score (nSPS) is 49.6. The first-order valence-corrected chi connectivity index (χ1v) is 14.5. The highest BCUT2D eigenvalue weighted by Gasteiger charge is 2.65. The Balaban J connectivity index is 1.30. The topological polar surface area (TPSA) is 81.0 Å². The molecule has 0 radical (unpaired) electrons. The van der Waals surface area contributed by atoms with Gasteiger partial charge in [-0.15, -0.1) is 0 Å². The van der Waals surface area contributed by atoms with Crippen LogP contribution < -0.4 is 0 Å². The molecule has 4 saturated carbocycles. The Kier molecular flexibility index (Phi) is 6.87. The summed E-state index contributed by atoms with van der Waals surface area (Å²) in [4.78, 5) is 14.9. The fraction of sp³-hybridized carbons (Fsp3) is 0.966. The van der Waals surface area contributed by atoms with Crippen LogP contribution in [0.5, 0.6) is 0 Å². The Hall–Kier alpha value is -0.650. The number of carbonyl (C=O) groups excluding carboxylic acids is 1. The van der Waals surface area contributed by atoms with Crippen molar-refractivity contribution in [3.63, 3.8) is 0 Å². The van der Waals surface area contributed by atoms with Crippen molar-refractivity contribution in [2.45, 2.75) is 116 Å². The van der Waals surface area contributed by atoms with Crippen LogP contribution >= 0.6 is 0 Å². The maximum absolute atomic E-state index is 12.8. The molecule has 1 saturated heterocycles. The predicted octanol–water partition coefficient (Wildman–Crippen LogP) is 4.38.